The molecule has 0 saturated carbocycles. The van der Waals surface area contributed by atoms with Crippen molar-refractivity contribution in [2.75, 3.05) is 10.2 Å². The Bertz CT molecular complexity index is 1370. The van der Waals surface area contributed by atoms with Crippen LogP contribution in [0.4, 0.5) is 20.6 Å². The molecule has 164 valence electrons. The first-order chi connectivity index (χ1) is 15.2. The van der Waals surface area contributed by atoms with Crippen molar-refractivity contribution in [2.45, 2.75) is 10.6 Å². The minimum atomic E-state index is -4.16. The van der Waals surface area contributed by atoms with Gasteiger partial charge in [-0.1, -0.05) is 29.8 Å². The molecule has 2 aromatic carbocycles. The van der Waals surface area contributed by atoms with E-state index in [1.165, 1.54) is 18.2 Å². The van der Waals surface area contributed by atoms with Crippen LogP contribution < -0.4 is 14.9 Å². The molecule has 4 rings (SSSR count). The summed E-state index contributed by atoms with van der Waals surface area (Å²) in [7, 11) is -4.16. The second-order valence-electron chi connectivity index (χ2n) is 6.65. The van der Waals surface area contributed by atoms with Crippen LogP contribution >= 0.6 is 22.9 Å². The monoisotopic (exact) mass is 493 g/mol. The van der Waals surface area contributed by atoms with Gasteiger partial charge in [0.2, 0.25) is 5.91 Å². The zero-order valence-corrected chi connectivity index (χ0v) is 18.4. The fourth-order valence-electron chi connectivity index (χ4n) is 3.14. The minimum Gasteiger partial charge on any atom is -0.307 e. The number of hydrogen-bond donors (Lipinski definition) is 2. The summed E-state index contributed by atoms with van der Waals surface area (Å²) >= 11 is 6.47. The molecule has 32 heavy (non-hydrogen) atoms. The number of fused-ring (bicyclic) bond motifs is 1. The number of carbonyl (C=O) groups excluding carboxylic acids is 3. The third-order valence-electron chi connectivity index (χ3n) is 4.53. The van der Waals surface area contributed by atoms with Crippen LogP contribution in [0.5, 0.6) is 0 Å². The predicted octanol–water partition coefficient (Wildman–Crippen LogP) is 3.78. The van der Waals surface area contributed by atoms with Crippen LogP contribution in [0.3, 0.4) is 0 Å². The van der Waals surface area contributed by atoms with Gasteiger partial charge < -0.3 is 5.32 Å². The Kier molecular flexibility index (Phi) is 5.71. The lowest BCUT2D eigenvalue weighted by molar-refractivity contribution is -0.117. The first-order valence-corrected chi connectivity index (χ1v) is 11.7. The number of nitrogens with one attached hydrogen (secondary N) is 2. The van der Waals surface area contributed by atoms with Crippen molar-refractivity contribution in [1.29, 1.82) is 0 Å². The molecule has 0 unspecified atom stereocenters. The molecule has 8 nitrogen and oxygen atoms in total. The van der Waals surface area contributed by atoms with Gasteiger partial charge in [-0.3, -0.25) is 9.59 Å². The SMILES string of the molecule is O=C(Nc1ccc(N2C(=O)Cc3ccccc3C2=O)c(F)c1)NS(=O)(=O)c1ccc(Cl)s1. The van der Waals surface area contributed by atoms with Gasteiger partial charge in [-0.15, -0.1) is 11.3 Å². The minimum absolute atomic E-state index is 0.0612. The highest BCUT2D eigenvalue weighted by molar-refractivity contribution is 7.92. The molecular formula is C20H13ClFN3O5S2. The van der Waals surface area contributed by atoms with Gasteiger partial charge in [0.1, 0.15) is 10.0 Å². The van der Waals surface area contributed by atoms with Crippen LogP contribution in [-0.2, 0) is 21.2 Å². The summed E-state index contributed by atoms with van der Waals surface area (Å²) in [6.45, 7) is 0. The number of benzene rings is 2. The molecule has 0 bridgehead atoms. The molecule has 1 aromatic heterocycles. The normalized spacial score (nSPS) is 13.6. The van der Waals surface area contributed by atoms with E-state index in [-0.39, 0.29) is 26.3 Å². The van der Waals surface area contributed by atoms with Crippen molar-refractivity contribution in [3.05, 3.63) is 75.9 Å². The van der Waals surface area contributed by atoms with Crippen molar-refractivity contribution >= 4 is 62.2 Å². The second-order valence-corrected chi connectivity index (χ2v) is 10.3. The number of amides is 4. The molecule has 1 aliphatic heterocycles. The van der Waals surface area contributed by atoms with E-state index in [0.29, 0.717) is 11.1 Å². The summed E-state index contributed by atoms with van der Waals surface area (Å²) in [5, 5.41) is 2.20. The number of nitrogens with zero attached hydrogens (tertiary/aromatic N) is 1. The van der Waals surface area contributed by atoms with Gasteiger partial charge in [0.05, 0.1) is 16.4 Å². The lowest BCUT2D eigenvalue weighted by atomic mass is 9.98. The Balaban J connectivity index is 1.52. The lowest BCUT2D eigenvalue weighted by Gasteiger charge is -2.27. The van der Waals surface area contributed by atoms with E-state index in [9.17, 15) is 27.2 Å². The molecule has 3 aromatic rings. The molecule has 0 radical (unpaired) electrons. The maximum absolute atomic E-state index is 14.8. The lowest BCUT2D eigenvalue weighted by Crippen LogP contribution is -2.43. The van der Waals surface area contributed by atoms with E-state index in [1.54, 1.807) is 29.0 Å². The molecule has 12 heteroatoms. The van der Waals surface area contributed by atoms with Crippen LogP contribution in [0.15, 0.2) is 58.8 Å². The summed E-state index contributed by atoms with van der Waals surface area (Å²) in [6.07, 6.45) is -0.0612. The van der Waals surface area contributed by atoms with Gasteiger partial charge in [0.15, 0.2) is 0 Å². The number of imide groups is 1. The van der Waals surface area contributed by atoms with Crippen LogP contribution in [0.25, 0.3) is 0 Å². The number of hydrogen-bond acceptors (Lipinski definition) is 6. The number of anilines is 2. The van der Waals surface area contributed by atoms with E-state index in [4.69, 9.17) is 11.6 Å². The summed E-state index contributed by atoms with van der Waals surface area (Å²) in [5.41, 5.74) is 0.496. The van der Waals surface area contributed by atoms with Crippen LogP contribution in [-0.4, -0.2) is 26.3 Å². The Morgan fingerprint density at radius 2 is 1.84 bits per heavy atom. The van der Waals surface area contributed by atoms with Crippen molar-refractivity contribution in [3.8, 4) is 0 Å². The molecule has 0 aliphatic carbocycles. The molecule has 2 N–H and O–H groups in total. The first-order valence-electron chi connectivity index (χ1n) is 8.99. The quantitative estimate of drug-likeness (QED) is 0.537. The molecule has 0 atom stereocenters. The van der Waals surface area contributed by atoms with E-state index < -0.39 is 33.7 Å². The van der Waals surface area contributed by atoms with Crippen LogP contribution in [0.1, 0.15) is 15.9 Å². The van der Waals surface area contributed by atoms with Gasteiger partial charge >= 0.3 is 6.03 Å². The third kappa shape index (κ3) is 4.22. The van der Waals surface area contributed by atoms with E-state index in [0.717, 1.165) is 28.4 Å². The van der Waals surface area contributed by atoms with E-state index in [2.05, 4.69) is 5.32 Å². The van der Waals surface area contributed by atoms with Gasteiger partial charge in [0.25, 0.3) is 15.9 Å². The molecule has 0 saturated heterocycles. The van der Waals surface area contributed by atoms with Gasteiger partial charge in [-0.25, -0.2) is 27.2 Å². The smallest absolute Gasteiger partial charge is 0.307 e. The first kappa shape index (κ1) is 21.9. The number of halogens is 2. The molecule has 4 amide bonds. The second kappa shape index (κ2) is 8.34. The van der Waals surface area contributed by atoms with Gasteiger partial charge in [-0.2, -0.15) is 0 Å². The summed E-state index contributed by atoms with van der Waals surface area (Å²) in [6, 6.07) is 11.3. The molecule has 1 aliphatic rings. The van der Waals surface area contributed by atoms with Crippen molar-refractivity contribution in [1.82, 2.24) is 4.72 Å². The predicted molar refractivity (Wildman–Crippen MR) is 117 cm³/mol. The molecule has 0 spiro atoms. The number of urea groups is 1. The number of sulfonamides is 1. The topological polar surface area (TPSA) is 113 Å². The summed E-state index contributed by atoms with van der Waals surface area (Å²) in [5.74, 6) is -2.20. The Morgan fingerprint density at radius 3 is 2.53 bits per heavy atom. The zero-order valence-electron chi connectivity index (χ0n) is 16.0. The summed E-state index contributed by atoms with van der Waals surface area (Å²) in [4.78, 5) is 38.0. The van der Waals surface area contributed by atoms with Crippen LogP contribution in [0, 0.1) is 5.82 Å². The molecular weight excluding hydrogens is 481 g/mol. The maximum Gasteiger partial charge on any atom is 0.333 e. The van der Waals surface area contributed by atoms with Crippen LogP contribution in [0.2, 0.25) is 4.34 Å². The Morgan fingerprint density at radius 1 is 1.09 bits per heavy atom. The average molecular weight is 494 g/mol. The number of rotatable bonds is 4. The van der Waals surface area contributed by atoms with Gasteiger partial charge in [-0.05, 0) is 42.0 Å². The van der Waals surface area contributed by atoms with E-state index >= 15 is 0 Å². The standard InChI is InChI=1S/C20H13ClFN3O5S2/c21-16-7-8-18(31-16)32(29,30)24-20(28)23-12-5-6-15(14(22)10-12)25-17(26)9-11-3-1-2-4-13(11)19(25)27/h1-8,10H,9H2,(H2,23,24,28). The molecule has 2 heterocycles. The Labute approximate surface area is 190 Å². The highest BCUT2D eigenvalue weighted by Gasteiger charge is 2.33. The number of thiophene rings is 1. The van der Waals surface area contributed by atoms with Crippen molar-refractivity contribution < 1.29 is 27.2 Å². The zero-order chi connectivity index (χ0) is 23.0. The van der Waals surface area contributed by atoms with E-state index in [1.807, 2.05) is 0 Å². The highest BCUT2D eigenvalue weighted by atomic mass is 35.5. The largest absolute Gasteiger partial charge is 0.333 e. The Hall–Kier alpha value is -3.28. The number of carbonyl (C=O) groups is 3. The fourth-order valence-corrected chi connectivity index (χ4v) is 5.53. The van der Waals surface area contributed by atoms with Gasteiger partial charge in [0, 0.05) is 11.3 Å². The molecule has 0 fully saturated rings. The average Bonchev–Trinajstić information content (AvgIpc) is 3.16. The maximum atomic E-state index is 14.8. The summed E-state index contributed by atoms with van der Waals surface area (Å²) < 4.78 is 41.0. The highest BCUT2D eigenvalue weighted by Crippen LogP contribution is 2.29. The van der Waals surface area contributed by atoms with Crippen molar-refractivity contribution in [2.24, 2.45) is 0 Å². The fraction of sp³-hybridized carbons (Fsp3) is 0.0500. The third-order valence-corrected chi connectivity index (χ3v) is 7.58. The van der Waals surface area contributed by atoms with Crippen molar-refractivity contribution in [3.63, 3.8) is 0 Å².